The van der Waals surface area contributed by atoms with Gasteiger partial charge in [-0.1, -0.05) is 0 Å². The average molecular weight is 369 g/mol. The summed E-state index contributed by atoms with van der Waals surface area (Å²) in [5.74, 6) is -0.451. The first-order valence-electron chi connectivity index (χ1n) is 9.10. The number of H-pyrrole nitrogens is 1. The van der Waals surface area contributed by atoms with E-state index in [0.717, 1.165) is 36.0 Å². The first-order valence-corrected chi connectivity index (χ1v) is 9.10. The molecule has 3 amide bonds. The van der Waals surface area contributed by atoms with Gasteiger partial charge in [-0.3, -0.25) is 9.69 Å². The summed E-state index contributed by atoms with van der Waals surface area (Å²) in [6.07, 6.45) is 6.59. The second-order valence-corrected chi connectivity index (χ2v) is 6.93. The number of nitrogens with two attached hydrogens (primary N) is 1. The van der Waals surface area contributed by atoms with E-state index in [-0.39, 0.29) is 18.3 Å². The molecule has 4 N–H and O–H groups in total. The van der Waals surface area contributed by atoms with E-state index in [4.69, 9.17) is 10.5 Å². The van der Waals surface area contributed by atoms with E-state index in [1.807, 2.05) is 25.3 Å². The van der Waals surface area contributed by atoms with Crippen LogP contribution in [0.4, 0.5) is 10.5 Å². The first kappa shape index (κ1) is 17.3. The highest BCUT2D eigenvalue weighted by Crippen LogP contribution is 2.30. The number of fused-ring (bicyclic) bond motifs is 1. The van der Waals surface area contributed by atoms with Crippen molar-refractivity contribution in [1.29, 1.82) is 0 Å². The number of carbonyl (C=O) groups excluding carboxylic acids is 2. The summed E-state index contributed by atoms with van der Waals surface area (Å²) in [6.45, 7) is 3.43. The highest BCUT2D eigenvalue weighted by molar-refractivity contribution is 6.08. The second-order valence-electron chi connectivity index (χ2n) is 6.93. The standard InChI is InChI=1S/C19H23N5O3/c1-12-24(9-10-27-12)19(26)22-13-3-2-8-23(11-13)16-5-4-15(18(20)25)17-14(16)6-7-21-17/h4-7,9-10,12-13,21H,2-3,8,11H2,1H3,(H2,20,25)(H,22,26). The number of hydrogen-bond acceptors (Lipinski definition) is 4. The lowest BCUT2D eigenvalue weighted by atomic mass is 10.0. The zero-order valence-corrected chi connectivity index (χ0v) is 15.1. The second kappa shape index (κ2) is 6.86. The Morgan fingerprint density at radius 2 is 2.19 bits per heavy atom. The van der Waals surface area contributed by atoms with Gasteiger partial charge in [0.2, 0.25) is 0 Å². The molecule has 0 saturated carbocycles. The van der Waals surface area contributed by atoms with Crippen LogP contribution in [0.5, 0.6) is 0 Å². The molecule has 2 unspecified atom stereocenters. The molecular formula is C19H23N5O3. The average Bonchev–Trinajstić information content (AvgIpc) is 3.29. The van der Waals surface area contributed by atoms with Gasteiger partial charge in [-0.15, -0.1) is 0 Å². The van der Waals surface area contributed by atoms with E-state index in [1.54, 1.807) is 17.2 Å². The van der Waals surface area contributed by atoms with E-state index >= 15 is 0 Å². The van der Waals surface area contributed by atoms with Crippen LogP contribution in [-0.4, -0.2) is 47.2 Å². The molecule has 2 aromatic rings. The Labute approximate surface area is 156 Å². The summed E-state index contributed by atoms with van der Waals surface area (Å²) in [5.41, 5.74) is 7.74. The summed E-state index contributed by atoms with van der Waals surface area (Å²) in [7, 11) is 0. The fraction of sp³-hybridized carbons (Fsp3) is 0.368. The summed E-state index contributed by atoms with van der Waals surface area (Å²) < 4.78 is 5.27. The third-order valence-corrected chi connectivity index (χ3v) is 5.18. The van der Waals surface area contributed by atoms with E-state index in [2.05, 4.69) is 15.2 Å². The summed E-state index contributed by atoms with van der Waals surface area (Å²) in [6, 6.07) is 5.52. The fourth-order valence-electron chi connectivity index (χ4n) is 3.82. The highest BCUT2D eigenvalue weighted by atomic mass is 16.5. The topological polar surface area (TPSA) is 104 Å². The zero-order valence-electron chi connectivity index (χ0n) is 15.1. The molecule has 27 heavy (non-hydrogen) atoms. The maximum absolute atomic E-state index is 12.5. The Kier molecular flexibility index (Phi) is 4.39. The monoisotopic (exact) mass is 369 g/mol. The predicted octanol–water partition coefficient (Wildman–Crippen LogP) is 2.09. The maximum atomic E-state index is 12.5. The molecule has 8 heteroatoms. The summed E-state index contributed by atoms with van der Waals surface area (Å²) >= 11 is 0. The Bertz CT molecular complexity index is 906. The van der Waals surface area contributed by atoms with Crippen molar-refractivity contribution in [3.63, 3.8) is 0 Å². The van der Waals surface area contributed by atoms with E-state index in [9.17, 15) is 9.59 Å². The Balaban J connectivity index is 1.52. The van der Waals surface area contributed by atoms with Crippen molar-refractivity contribution in [2.45, 2.75) is 32.0 Å². The number of benzene rings is 1. The molecular weight excluding hydrogens is 346 g/mol. The maximum Gasteiger partial charge on any atom is 0.324 e. The van der Waals surface area contributed by atoms with Gasteiger partial charge in [-0.25, -0.2) is 4.79 Å². The fourth-order valence-corrected chi connectivity index (χ4v) is 3.82. The number of aromatic amines is 1. The van der Waals surface area contributed by atoms with Crippen LogP contribution in [0.1, 0.15) is 30.1 Å². The molecule has 8 nitrogen and oxygen atoms in total. The van der Waals surface area contributed by atoms with Gasteiger partial charge in [0, 0.05) is 42.6 Å². The molecule has 1 fully saturated rings. The number of anilines is 1. The molecule has 0 bridgehead atoms. The van der Waals surface area contributed by atoms with Crippen LogP contribution >= 0.6 is 0 Å². The molecule has 2 atom stereocenters. The molecule has 1 aromatic heterocycles. The predicted molar refractivity (Wildman–Crippen MR) is 102 cm³/mol. The molecule has 2 aliphatic rings. The van der Waals surface area contributed by atoms with Crippen LogP contribution in [0.2, 0.25) is 0 Å². The van der Waals surface area contributed by atoms with Crippen molar-refractivity contribution in [3.8, 4) is 0 Å². The molecule has 142 valence electrons. The van der Waals surface area contributed by atoms with Gasteiger partial charge in [-0.05, 0) is 38.0 Å². The smallest absolute Gasteiger partial charge is 0.324 e. The lowest BCUT2D eigenvalue weighted by molar-refractivity contribution is 0.0889. The van der Waals surface area contributed by atoms with Gasteiger partial charge in [0.25, 0.3) is 5.91 Å². The third kappa shape index (κ3) is 3.18. The number of piperidine rings is 1. The minimum absolute atomic E-state index is 0.0391. The van der Waals surface area contributed by atoms with Crippen molar-refractivity contribution in [2.24, 2.45) is 5.73 Å². The van der Waals surface area contributed by atoms with Crippen molar-refractivity contribution in [1.82, 2.24) is 15.2 Å². The van der Waals surface area contributed by atoms with Crippen molar-refractivity contribution in [2.75, 3.05) is 18.0 Å². The van der Waals surface area contributed by atoms with Crippen molar-refractivity contribution >= 4 is 28.5 Å². The number of primary amides is 1. The van der Waals surface area contributed by atoms with Gasteiger partial charge in [0.05, 0.1) is 11.1 Å². The number of carbonyl (C=O) groups is 2. The minimum atomic E-state index is -0.451. The number of nitrogens with one attached hydrogen (secondary N) is 2. The number of urea groups is 1. The number of amides is 3. The quantitative estimate of drug-likeness (QED) is 0.771. The van der Waals surface area contributed by atoms with Crippen LogP contribution in [0.25, 0.3) is 10.9 Å². The Hall–Kier alpha value is -3.16. The lowest BCUT2D eigenvalue weighted by Gasteiger charge is -2.36. The van der Waals surface area contributed by atoms with Gasteiger partial charge in [0.15, 0.2) is 6.23 Å². The summed E-state index contributed by atoms with van der Waals surface area (Å²) in [4.78, 5) is 31.0. The van der Waals surface area contributed by atoms with Gasteiger partial charge in [-0.2, -0.15) is 0 Å². The summed E-state index contributed by atoms with van der Waals surface area (Å²) in [5, 5.41) is 4.06. The van der Waals surface area contributed by atoms with E-state index < -0.39 is 5.91 Å². The molecule has 0 radical (unpaired) electrons. The molecule has 0 spiro atoms. The minimum Gasteiger partial charge on any atom is -0.476 e. The Morgan fingerprint density at radius 3 is 2.93 bits per heavy atom. The molecule has 2 aliphatic heterocycles. The van der Waals surface area contributed by atoms with Gasteiger partial charge < -0.3 is 25.7 Å². The van der Waals surface area contributed by atoms with Crippen LogP contribution in [0.3, 0.4) is 0 Å². The number of hydrogen-bond donors (Lipinski definition) is 3. The van der Waals surface area contributed by atoms with Gasteiger partial charge in [0.1, 0.15) is 6.26 Å². The van der Waals surface area contributed by atoms with E-state index in [1.165, 1.54) is 6.26 Å². The molecule has 1 saturated heterocycles. The van der Waals surface area contributed by atoms with Crippen molar-refractivity contribution in [3.05, 3.63) is 42.4 Å². The van der Waals surface area contributed by atoms with E-state index in [0.29, 0.717) is 12.1 Å². The highest BCUT2D eigenvalue weighted by Gasteiger charge is 2.28. The molecule has 0 aliphatic carbocycles. The number of ether oxygens (including phenoxy) is 1. The van der Waals surface area contributed by atoms with Crippen LogP contribution < -0.4 is 16.0 Å². The largest absolute Gasteiger partial charge is 0.476 e. The van der Waals surface area contributed by atoms with Gasteiger partial charge >= 0.3 is 6.03 Å². The zero-order chi connectivity index (χ0) is 19.0. The molecule has 4 rings (SSSR count). The number of rotatable bonds is 3. The SMILES string of the molecule is CC1OC=CN1C(=O)NC1CCCN(c2ccc(C(N)=O)c3[nH]ccc23)C1. The first-order chi connectivity index (χ1) is 13.0. The number of aromatic nitrogens is 1. The van der Waals surface area contributed by atoms with Crippen LogP contribution in [0, 0.1) is 0 Å². The van der Waals surface area contributed by atoms with Crippen molar-refractivity contribution < 1.29 is 14.3 Å². The number of nitrogens with zero attached hydrogens (tertiary/aromatic N) is 2. The lowest BCUT2D eigenvalue weighted by Crippen LogP contribution is -2.51. The van der Waals surface area contributed by atoms with Crippen LogP contribution in [-0.2, 0) is 4.74 Å². The molecule has 3 heterocycles. The third-order valence-electron chi connectivity index (χ3n) is 5.18. The van der Waals surface area contributed by atoms with Crippen LogP contribution in [0.15, 0.2) is 36.9 Å². The normalized spacial score (nSPS) is 22.1. The molecule has 1 aromatic carbocycles. The Morgan fingerprint density at radius 1 is 1.33 bits per heavy atom.